The van der Waals surface area contributed by atoms with Crippen molar-refractivity contribution < 1.29 is 13.9 Å². The Morgan fingerprint density at radius 1 is 1.00 bits per heavy atom. The molecule has 0 aliphatic carbocycles. The van der Waals surface area contributed by atoms with Crippen molar-refractivity contribution in [3.63, 3.8) is 0 Å². The average molecular weight is 468 g/mol. The van der Waals surface area contributed by atoms with Crippen molar-refractivity contribution in [3.05, 3.63) is 78.2 Å². The number of morpholine rings is 1. The Morgan fingerprint density at radius 3 is 2.37 bits per heavy atom. The molecule has 4 aromatic rings. The standard InChI is InChI=1S/C29H26FN3O2/c1-18-16-33(17-19(2)35-18)27-12-11-22(13-26(27)30)25-15-32-28-23(5-4-6-24(28)29(25)34-3)21-9-7-20(14-31)8-10-21/h4-13,15,18-19H,16-17H2,1-3H3. The molecule has 2 atom stereocenters. The molecule has 35 heavy (non-hydrogen) atoms. The molecule has 1 aliphatic heterocycles. The fraction of sp³-hybridized carbons (Fsp3) is 0.241. The highest BCUT2D eigenvalue weighted by atomic mass is 19.1. The van der Waals surface area contributed by atoms with Gasteiger partial charge in [-0.25, -0.2) is 4.39 Å². The van der Waals surface area contributed by atoms with Gasteiger partial charge in [-0.15, -0.1) is 0 Å². The molecule has 3 aromatic carbocycles. The number of halogens is 1. The lowest BCUT2D eigenvalue weighted by Crippen LogP contribution is -2.45. The van der Waals surface area contributed by atoms with Gasteiger partial charge in [-0.3, -0.25) is 4.98 Å². The summed E-state index contributed by atoms with van der Waals surface area (Å²) in [7, 11) is 1.62. The summed E-state index contributed by atoms with van der Waals surface area (Å²) in [6.45, 7) is 5.32. The summed E-state index contributed by atoms with van der Waals surface area (Å²) in [4.78, 5) is 6.79. The highest BCUT2D eigenvalue weighted by Gasteiger charge is 2.25. The van der Waals surface area contributed by atoms with Crippen molar-refractivity contribution in [1.82, 2.24) is 4.98 Å². The molecular formula is C29H26FN3O2. The van der Waals surface area contributed by atoms with Crippen LogP contribution in [0.3, 0.4) is 0 Å². The van der Waals surface area contributed by atoms with Gasteiger partial charge in [0.2, 0.25) is 0 Å². The van der Waals surface area contributed by atoms with Gasteiger partial charge in [0.1, 0.15) is 11.6 Å². The summed E-state index contributed by atoms with van der Waals surface area (Å²) in [5, 5.41) is 9.94. The molecule has 0 radical (unpaired) electrons. The van der Waals surface area contributed by atoms with Crippen LogP contribution in [-0.4, -0.2) is 37.4 Å². The first-order chi connectivity index (χ1) is 17.0. The predicted molar refractivity (Wildman–Crippen MR) is 136 cm³/mol. The highest BCUT2D eigenvalue weighted by Crippen LogP contribution is 2.40. The van der Waals surface area contributed by atoms with Crippen LogP contribution in [0.5, 0.6) is 5.75 Å². The third-order valence-electron chi connectivity index (χ3n) is 6.40. The summed E-state index contributed by atoms with van der Waals surface area (Å²) in [6.07, 6.45) is 1.84. The molecule has 1 aliphatic rings. The molecule has 2 unspecified atom stereocenters. The number of hydrogen-bond acceptors (Lipinski definition) is 5. The van der Waals surface area contributed by atoms with E-state index < -0.39 is 0 Å². The number of ether oxygens (including phenoxy) is 2. The Morgan fingerprint density at radius 2 is 1.71 bits per heavy atom. The minimum absolute atomic E-state index is 0.0490. The lowest BCUT2D eigenvalue weighted by molar-refractivity contribution is -0.00539. The van der Waals surface area contributed by atoms with Crippen molar-refractivity contribution in [1.29, 1.82) is 5.26 Å². The Labute approximate surface area is 204 Å². The van der Waals surface area contributed by atoms with E-state index in [4.69, 9.17) is 19.7 Å². The van der Waals surface area contributed by atoms with Crippen LogP contribution in [-0.2, 0) is 4.74 Å². The number of methoxy groups -OCH3 is 1. The molecular weight excluding hydrogens is 441 g/mol. The maximum Gasteiger partial charge on any atom is 0.147 e. The topological polar surface area (TPSA) is 58.4 Å². The van der Waals surface area contributed by atoms with Crippen LogP contribution in [0.4, 0.5) is 10.1 Å². The number of anilines is 1. The number of para-hydroxylation sites is 1. The van der Waals surface area contributed by atoms with Crippen LogP contribution in [0, 0.1) is 17.1 Å². The quantitative estimate of drug-likeness (QED) is 0.358. The van der Waals surface area contributed by atoms with Gasteiger partial charge >= 0.3 is 0 Å². The zero-order chi connectivity index (χ0) is 24.5. The van der Waals surface area contributed by atoms with Gasteiger partial charge in [-0.2, -0.15) is 5.26 Å². The summed E-state index contributed by atoms with van der Waals surface area (Å²) < 4.78 is 26.9. The van der Waals surface area contributed by atoms with E-state index in [0.29, 0.717) is 35.7 Å². The van der Waals surface area contributed by atoms with Gasteiger partial charge < -0.3 is 14.4 Å². The third-order valence-corrected chi connectivity index (χ3v) is 6.40. The van der Waals surface area contributed by atoms with E-state index in [-0.39, 0.29) is 18.0 Å². The maximum absolute atomic E-state index is 15.3. The predicted octanol–water partition coefficient (Wildman–Crippen LogP) is 6.20. The minimum Gasteiger partial charge on any atom is -0.495 e. The number of aromatic nitrogens is 1. The number of benzene rings is 3. The van der Waals surface area contributed by atoms with Crippen LogP contribution < -0.4 is 9.64 Å². The molecule has 0 saturated carbocycles. The van der Waals surface area contributed by atoms with Crippen molar-refractivity contribution in [2.45, 2.75) is 26.1 Å². The summed E-state index contributed by atoms with van der Waals surface area (Å²) in [5.41, 5.74) is 5.29. The first-order valence-corrected chi connectivity index (χ1v) is 11.6. The molecule has 2 heterocycles. The molecule has 0 bridgehead atoms. The molecule has 176 valence electrons. The zero-order valence-electron chi connectivity index (χ0n) is 20.0. The highest BCUT2D eigenvalue weighted by molar-refractivity contribution is 6.00. The molecule has 0 N–H and O–H groups in total. The first kappa shape index (κ1) is 22.8. The third kappa shape index (κ3) is 4.31. The summed E-state index contributed by atoms with van der Waals surface area (Å²) in [6, 6.07) is 20.8. The van der Waals surface area contributed by atoms with Crippen LogP contribution in [0.2, 0.25) is 0 Å². The normalized spacial score (nSPS) is 17.9. The van der Waals surface area contributed by atoms with Crippen LogP contribution in [0.25, 0.3) is 33.2 Å². The molecule has 1 fully saturated rings. The van der Waals surface area contributed by atoms with E-state index in [1.54, 1.807) is 31.5 Å². The SMILES string of the molecule is COc1c(-c2ccc(N3CC(C)OC(C)C3)c(F)c2)cnc2c(-c3ccc(C#N)cc3)cccc12. The van der Waals surface area contributed by atoms with Crippen LogP contribution in [0.15, 0.2) is 66.9 Å². The summed E-state index contributed by atoms with van der Waals surface area (Å²) >= 11 is 0. The van der Waals surface area contributed by atoms with Gasteiger partial charge in [-0.1, -0.05) is 30.3 Å². The van der Waals surface area contributed by atoms with Gasteiger partial charge in [0.05, 0.1) is 42.2 Å². The monoisotopic (exact) mass is 467 g/mol. The Kier molecular flexibility index (Phi) is 6.10. The Bertz CT molecular complexity index is 1420. The molecule has 1 saturated heterocycles. The van der Waals surface area contributed by atoms with Gasteiger partial charge in [0, 0.05) is 35.8 Å². The van der Waals surface area contributed by atoms with Crippen molar-refractivity contribution in [2.75, 3.05) is 25.1 Å². The van der Waals surface area contributed by atoms with Crippen LogP contribution >= 0.6 is 0 Å². The zero-order valence-corrected chi connectivity index (χ0v) is 20.0. The Balaban J connectivity index is 1.56. The van der Waals surface area contributed by atoms with E-state index in [2.05, 4.69) is 6.07 Å². The first-order valence-electron chi connectivity index (χ1n) is 11.6. The van der Waals surface area contributed by atoms with E-state index in [1.807, 2.05) is 61.2 Å². The van der Waals surface area contributed by atoms with Crippen molar-refractivity contribution in [2.24, 2.45) is 0 Å². The van der Waals surface area contributed by atoms with Crippen LogP contribution in [0.1, 0.15) is 19.4 Å². The van der Waals surface area contributed by atoms with E-state index >= 15 is 4.39 Å². The van der Waals surface area contributed by atoms with Crippen molar-refractivity contribution in [3.8, 4) is 34.1 Å². The second-order valence-corrected chi connectivity index (χ2v) is 8.92. The second kappa shape index (κ2) is 9.36. The van der Waals surface area contributed by atoms with Gasteiger partial charge in [0.25, 0.3) is 0 Å². The number of hydrogen-bond donors (Lipinski definition) is 0. The number of fused-ring (bicyclic) bond motifs is 1. The van der Waals surface area contributed by atoms with Crippen molar-refractivity contribution >= 4 is 16.6 Å². The van der Waals surface area contributed by atoms with Gasteiger partial charge in [-0.05, 0) is 55.3 Å². The fourth-order valence-corrected chi connectivity index (χ4v) is 4.89. The molecule has 6 heteroatoms. The van der Waals surface area contributed by atoms with E-state index in [9.17, 15) is 0 Å². The minimum atomic E-state index is -0.280. The smallest absolute Gasteiger partial charge is 0.147 e. The lowest BCUT2D eigenvalue weighted by Gasteiger charge is -2.37. The maximum atomic E-state index is 15.3. The summed E-state index contributed by atoms with van der Waals surface area (Å²) in [5.74, 6) is 0.364. The van der Waals surface area contributed by atoms with E-state index in [1.165, 1.54) is 0 Å². The largest absolute Gasteiger partial charge is 0.495 e. The molecule has 0 amide bonds. The molecule has 1 aromatic heterocycles. The number of nitriles is 1. The average Bonchev–Trinajstić information content (AvgIpc) is 2.87. The second-order valence-electron chi connectivity index (χ2n) is 8.92. The molecule has 5 rings (SSSR count). The number of nitrogens with zero attached hydrogens (tertiary/aromatic N) is 3. The molecule has 0 spiro atoms. The van der Waals surface area contributed by atoms with Gasteiger partial charge in [0.15, 0.2) is 0 Å². The number of pyridine rings is 1. The Hall–Kier alpha value is -3.95. The lowest BCUT2D eigenvalue weighted by atomic mass is 9.97. The van der Waals surface area contributed by atoms with E-state index in [0.717, 1.165) is 27.6 Å². The fourth-order valence-electron chi connectivity index (χ4n) is 4.89. The molecule has 5 nitrogen and oxygen atoms in total. The number of rotatable bonds is 4.